The van der Waals surface area contributed by atoms with Gasteiger partial charge in [-0.15, -0.1) is 0 Å². The van der Waals surface area contributed by atoms with E-state index in [0.29, 0.717) is 17.7 Å². The molecule has 4 nitrogen and oxygen atoms in total. The smallest absolute Gasteiger partial charge is 0.241 e. The highest BCUT2D eigenvalue weighted by Gasteiger charge is 2.27. The van der Waals surface area contributed by atoms with Gasteiger partial charge in [0.15, 0.2) is 0 Å². The second-order valence-electron chi connectivity index (χ2n) is 5.48. The number of hydrogen-bond donors (Lipinski definition) is 2. The average molecular weight is 299 g/mol. The average Bonchev–Trinajstić information content (AvgIpc) is 2.34. The molecule has 0 saturated heterocycles. The summed E-state index contributed by atoms with van der Waals surface area (Å²) in [5, 5.41) is 10.2. The van der Waals surface area contributed by atoms with Crippen molar-refractivity contribution in [1.82, 2.24) is 4.72 Å². The van der Waals surface area contributed by atoms with E-state index in [2.05, 4.69) is 4.72 Å². The minimum absolute atomic E-state index is 0.0368. The van der Waals surface area contributed by atoms with E-state index < -0.39 is 15.6 Å². The lowest BCUT2D eigenvalue weighted by Crippen LogP contribution is -2.42. The van der Waals surface area contributed by atoms with Gasteiger partial charge in [0.1, 0.15) is 0 Å². The molecule has 0 radical (unpaired) electrons. The van der Waals surface area contributed by atoms with Gasteiger partial charge in [-0.25, -0.2) is 13.1 Å². The molecule has 0 heterocycles. The minimum Gasteiger partial charge on any atom is -0.389 e. The molecular formula is C15H25NO3S. The van der Waals surface area contributed by atoms with Crippen LogP contribution < -0.4 is 4.72 Å². The molecule has 0 unspecified atom stereocenters. The van der Waals surface area contributed by atoms with Gasteiger partial charge in [0.25, 0.3) is 0 Å². The third kappa shape index (κ3) is 3.81. The molecule has 0 aliphatic carbocycles. The van der Waals surface area contributed by atoms with Crippen LogP contribution in [0.2, 0.25) is 0 Å². The molecule has 1 aromatic rings. The molecule has 0 fully saturated rings. The number of nitrogens with one attached hydrogen (secondary N) is 1. The zero-order valence-corrected chi connectivity index (χ0v) is 13.8. The largest absolute Gasteiger partial charge is 0.389 e. The first-order valence-electron chi connectivity index (χ1n) is 6.95. The lowest BCUT2D eigenvalue weighted by Gasteiger charge is -2.25. The van der Waals surface area contributed by atoms with Crippen LogP contribution in [-0.4, -0.2) is 25.7 Å². The van der Waals surface area contributed by atoms with E-state index in [9.17, 15) is 13.5 Å². The second-order valence-corrected chi connectivity index (χ2v) is 7.19. The van der Waals surface area contributed by atoms with Crippen molar-refractivity contribution in [2.24, 2.45) is 0 Å². The van der Waals surface area contributed by atoms with Crippen molar-refractivity contribution in [2.45, 2.75) is 58.0 Å². The van der Waals surface area contributed by atoms with E-state index in [0.717, 1.165) is 16.7 Å². The van der Waals surface area contributed by atoms with Gasteiger partial charge < -0.3 is 5.11 Å². The molecule has 0 bridgehead atoms. The fraction of sp³-hybridized carbons (Fsp3) is 0.600. The summed E-state index contributed by atoms with van der Waals surface area (Å²) < 4.78 is 27.4. The summed E-state index contributed by atoms with van der Waals surface area (Å²) >= 11 is 0. The van der Waals surface area contributed by atoms with E-state index in [1.165, 1.54) is 0 Å². The molecule has 5 heteroatoms. The van der Waals surface area contributed by atoms with E-state index in [1.54, 1.807) is 13.8 Å². The summed E-state index contributed by atoms with van der Waals surface area (Å²) in [7, 11) is -3.60. The summed E-state index contributed by atoms with van der Waals surface area (Å²) in [6, 6.07) is 3.71. The Bertz CT molecular complexity index is 552. The first-order valence-corrected chi connectivity index (χ1v) is 8.43. The van der Waals surface area contributed by atoms with E-state index in [4.69, 9.17) is 0 Å². The van der Waals surface area contributed by atoms with E-state index in [1.807, 2.05) is 32.9 Å². The molecule has 0 aliphatic heterocycles. The van der Waals surface area contributed by atoms with Gasteiger partial charge in [-0.05, 0) is 44.7 Å². The van der Waals surface area contributed by atoms with Crippen LogP contribution in [0.25, 0.3) is 0 Å². The maximum atomic E-state index is 12.4. The summed E-state index contributed by atoms with van der Waals surface area (Å²) in [5.41, 5.74) is 1.51. The monoisotopic (exact) mass is 299 g/mol. The van der Waals surface area contributed by atoms with Crippen LogP contribution in [0.1, 0.15) is 43.4 Å². The number of hydrogen-bond acceptors (Lipinski definition) is 3. The Morgan fingerprint density at radius 2 is 1.55 bits per heavy atom. The summed E-state index contributed by atoms with van der Waals surface area (Å²) in [5.74, 6) is 0. The first kappa shape index (κ1) is 17.1. The van der Waals surface area contributed by atoms with Gasteiger partial charge in [-0.2, -0.15) is 0 Å². The molecule has 0 atom stereocenters. The molecule has 2 N–H and O–H groups in total. The standard InChI is InChI=1S/C15H25NO3S/c1-6-15(17,7-2)10-16-20(18,19)14-12(4)8-11(3)9-13(14)5/h8-9,16-17H,6-7,10H2,1-5H3. The first-order chi connectivity index (χ1) is 9.15. The topological polar surface area (TPSA) is 66.4 Å². The second kappa shape index (κ2) is 6.24. The summed E-state index contributed by atoms with van der Waals surface area (Å²) in [4.78, 5) is 0.317. The Morgan fingerprint density at radius 1 is 1.10 bits per heavy atom. The molecule has 20 heavy (non-hydrogen) atoms. The summed E-state index contributed by atoms with van der Waals surface area (Å²) in [6.07, 6.45) is 1.02. The molecule has 0 spiro atoms. The quantitative estimate of drug-likeness (QED) is 0.848. The third-order valence-electron chi connectivity index (χ3n) is 3.78. The number of sulfonamides is 1. The normalized spacial score (nSPS) is 12.7. The van der Waals surface area contributed by atoms with E-state index in [-0.39, 0.29) is 6.54 Å². The lowest BCUT2D eigenvalue weighted by molar-refractivity contribution is 0.0377. The van der Waals surface area contributed by atoms with Crippen LogP contribution in [0.5, 0.6) is 0 Å². The van der Waals surface area contributed by atoms with Crippen molar-refractivity contribution in [3.05, 3.63) is 28.8 Å². The van der Waals surface area contributed by atoms with Gasteiger partial charge >= 0.3 is 0 Å². The van der Waals surface area contributed by atoms with Crippen LogP contribution in [0, 0.1) is 20.8 Å². The van der Waals surface area contributed by atoms with Crippen LogP contribution in [0.15, 0.2) is 17.0 Å². The predicted octanol–water partition coefficient (Wildman–Crippen LogP) is 2.44. The third-order valence-corrected chi connectivity index (χ3v) is 5.49. The Labute approximate surface area is 122 Å². The Hall–Kier alpha value is -0.910. The molecule has 0 saturated carbocycles. The maximum absolute atomic E-state index is 12.4. The van der Waals surface area contributed by atoms with Gasteiger partial charge in [0.05, 0.1) is 10.5 Å². The SMILES string of the molecule is CCC(O)(CC)CNS(=O)(=O)c1c(C)cc(C)cc1C. The lowest BCUT2D eigenvalue weighted by atomic mass is 9.98. The zero-order chi connectivity index (χ0) is 15.6. The van der Waals surface area contributed by atoms with Gasteiger partial charge in [0.2, 0.25) is 10.0 Å². The molecule has 0 amide bonds. The van der Waals surface area contributed by atoms with Crippen molar-refractivity contribution in [3.8, 4) is 0 Å². The van der Waals surface area contributed by atoms with Crippen LogP contribution >= 0.6 is 0 Å². The van der Waals surface area contributed by atoms with Crippen molar-refractivity contribution in [2.75, 3.05) is 6.54 Å². The Kier molecular flexibility index (Phi) is 5.35. The predicted molar refractivity (Wildman–Crippen MR) is 81.4 cm³/mol. The van der Waals surface area contributed by atoms with Gasteiger partial charge in [-0.1, -0.05) is 31.5 Å². The molecule has 0 aliphatic rings. The van der Waals surface area contributed by atoms with Crippen molar-refractivity contribution in [3.63, 3.8) is 0 Å². The van der Waals surface area contributed by atoms with Gasteiger partial charge in [0, 0.05) is 6.54 Å². The molecule has 1 rings (SSSR count). The number of aliphatic hydroxyl groups is 1. The Balaban J connectivity index is 3.07. The Morgan fingerprint density at radius 3 is 1.95 bits per heavy atom. The maximum Gasteiger partial charge on any atom is 0.241 e. The number of rotatable bonds is 6. The summed E-state index contributed by atoms with van der Waals surface area (Å²) in [6.45, 7) is 9.26. The van der Waals surface area contributed by atoms with Crippen LogP contribution in [-0.2, 0) is 10.0 Å². The van der Waals surface area contributed by atoms with Crippen molar-refractivity contribution >= 4 is 10.0 Å². The molecular weight excluding hydrogens is 274 g/mol. The van der Waals surface area contributed by atoms with Gasteiger partial charge in [-0.3, -0.25) is 0 Å². The molecule has 1 aromatic carbocycles. The number of benzene rings is 1. The molecule has 114 valence electrons. The van der Waals surface area contributed by atoms with Crippen LogP contribution in [0.3, 0.4) is 0 Å². The zero-order valence-electron chi connectivity index (χ0n) is 12.9. The van der Waals surface area contributed by atoms with E-state index >= 15 is 0 Å². The molecule has 0 aromatic heterocycles. The fourth-order valence-corrected chi connectivity index (χ4v) is 3.96. The number of aryl methyl sites for hydroxylation is 3. The minimum atomic E-state index is -3.60. The fourth-order valence-electron chi connectivity index (χ4n) is 2.39. The van der Waals surface area contributed by atoms with Crippen molar-refractivity contribution < 1.29 is 13.5 Å². The van der Waals surface area contributed by atoms with Crippen molar-refractivity contribution in [1.29, 1.82) is 0 Å². The highest BCUT2D eigenvalue weighted by Crippen LogP contribution is 2.22. The highest BCUT2D eigenvalue weighted by molar-refractivity contribution is 7.89. The highest BCUT2D eigenvalue weighted by atomic mass is 32.2. The van der Waals surface area contributed by atoms with Crippen LogP contribution in [0.4, 0.5) is 0 Å².